The molecule has 3 heterocycles. The van der Waals surface area contributed by atoms with E-state index >= 15 is 0 Å². The van der Waals surface area contributed by atoms with Gasteiger partial charge in [0.2, 0.25) is 11.9 Å². The number of hydrogen-bond acceptors (Lipinski definition) is 8. The number of rotatable bonds is 8. The number of nitrogens with zero attached hydrogens (tertiary/aromatic N) is 4. The molecular formula is C20H19ClN8O3. The first kappa shape index (κ1) is 20.1. The number of hydrogen-bond donors (Lipinski definition) is 4. The highest BCUT2D eigenvalue weighted by Crippen LogP contribution is 2.25. The Balaban J connectivity index is 1.36. The Bertz CT molecular complexity index is 1240. The maximum absolute atomic E-state index is 11.9. The second kappa shape index (κ2) is 8.35. The number of imide groups is 1. The Morgan fingerprint density at radius 3 is 2.88 bits per heavy atom. The monoisotopic (exact) mass is 454 g/mol. The highest BCUT2D eigenvalue weighted by molar-refractivity contribution is 6.30. The van der Waals surface area contributed by atoms with E-state index in [-0.39, 0.29) is 5.70 Å². The van der Waals surface area contributed by atoms with Crippen LogP contribution in [0.2, 0.25) is 5.02 Å². The molecule has 2 aromatic heterocycles. The fourth-order valence-electron chi connectivity index (χ4n) is 3.11. The summed E-state index contributed by atoms with van der Waals surface area (Å²) in [6, 6.07) is 6.95. The highest BCUT2D eigenvalue weighted by atomic mass is 35.5. The number of halogens is 1. The summed E-state index contributed by atoms with van der Waals surface area (Å²) in [5, 5.41) is 16.1. The predicted octanol–water partition coefficient (Wildman–Crippen LogP) is 2.02. The second-order valence-electron chi connectivity index (χ2n) is 7.32. The summed E-state index contributed by atoms with van der Waals surface area (Å²) in [6.07, 6.45) is 5.22. The molecule has 0 atom stereocenters. The van der Waals surface area contributed by atoms with Crippen LogP contribution in [0.4, 0.5) is 16.7 Å². The normalized spacial score (nSPS) is 16.8. The largest absolute Gasteiger partial charge is 0.492 e. The van der Waals surface area contributed by atoms with Crippen LogP contribution in [0.15, 0.2) is 36.2 Å². The van der Waals surface area contributed by atoms with Crippen molar-refractivity contribution in [3.05, 3.63) is 46.7 Å². The first-order valence-corrected chi connectivity index (χ1v) is 10.4. The fraction of sp³-hybridized carbons (Fsp3) is 0.250. The molecule has 0 bridgehead atoms. The summed E-state index contributed by atoms with van der Waals surface area (Å²) >= 11 is 5.97. The summed E-state index contributed by atoms with van der Waals surface area (Å²) in [5.74, 6) is 1.10. The van der Waals surface area contributed by atoms with Crippen molar-refractivity contribution in [2.24, 2.45) is 0 Å². The van der Waals surface area contributed by atoms with Crippen molar-refractivity contribution in [3.8, 4) is 5.75 Å². The predicted molar refractivity (Wildman–Crippen MR) is 118 cm³/mol. The first-order chi connectivity index (χ1) is 15.5. The third-order valence-corrected chi connectivity index (χ3v) is 5.01. The van der Waals surface area contributed by atoms with E-state index in [0.717, 1.165) is 12.8 Å². The maximum atomic E-state index is 11.9. The van der Waals surface area contributed by atoms with Gasteiger partial charge in [0.05, 0.1) is 12.7 Å². The molecule has 12 heteroatoms. The molecule has 11 nitrogen and oxygen atoms in total. The Labute approximate surface area is 187 Å². The zero-order valence-electron chi connectivity index (χ0n) is 16.8. The molecule has 4 N–H and O–H groups in total. The minimum atomic E-state index is -0.564. The summed E-state index contributed by atoms with van der Waals surface area (Å²) in [4.78, 5) is 32.3. The van der Waals surface area contributed by atoms with Gasteiger partial charge in [-0.05, 0) is 37.1 Å². The molecule has 164 valence electrons. The number of fused-ring (bicyclic) bond motifs is 1. The molecule has 1 saturated carbocycles. The number of amides is 3. The molecule has 0 unspecified atom stereocenters. The number of benzene rings is 1. The topological polar surface area (TPSA) is 135 Å². The summed E-state index contributed by atoms with van der Waals surface area (Å²) in [6.45, 7) is 0.831. The van der Waals surface area contributed by atoms with Gasteiger partial charge in [-0.1, -0.05) is 17.7 Å². The van der Waals surface area contributed by atoms with Gasteiger partial charge in [0.25, 0.3) is 5.91 Å². The van der Waals surface area contributed by atoms with Crippen LogP contribution in [-0.2, 0) is 4.79 Å². The van der Waals surface area contributed by atoms with Gasteiger partial charge in [-0.15, -0.1) is 0 Å². The van der Waals surface area contributed by atoms with Crippen LogP contribution < -0.4 is 26.0 Å². The molecule has 0 radical (unpaired) electrons. The number of carbonyl (C=O) groups is 2. The zero-order valence-corrected chi connectivity index (χ0v) is 17.5. The molecule has 1 aliphatic carbocycles. The van der Waals surface area contributed by atoms with E-state index in [1.54, 1.807) is 22.8 Å². The standard InChI is InChI=1S/C20H19ClN8O3/c21-12-2-1-3-14(9-12)32-7-6-22-18-26-16-11(8-15-17(30)27-20(31)25-15)10-23-29(16)19(28-18)24-13-4-5-13/h1-3,8-10,13H,4-7H2,(H2,22,24,26,28)(H2,25,27,30,31)/b15-8-. The molecule has 1 aromatic carbocycles. The zero-order chi connectivity index (χ0) is 22.1. The van der Waals surface area contributed by atoms with E-state index in [9.17, 15) is 9.59 Å². The van der Waals surface area contributed by atoms with Crippen molar-refractivity contribution < 1.29 is 14.3 Å². The van der Waals surface area contributed by atoms with Crippen molar-refractivity contribution in [1.82, 2.24) is 30.2 Å². The Hall–Kier alpha value is -3.86. The van der Waals surface area contributed by atoms with Crippen LogP contribution in [-0.4, -0.2) is 50.7 Å². The third-order valence-electron chi connectivity index (χ3n) is 4.78. The summed E-state index contributed by atoms with van der Waals surface area (Å²) < 4.78 is 7.27. The van der Waals surface area contributed by atoms with Gasteiger partial charge in [0.1, 0.15) is 18.1 Å². The molecule has 32 heavy (non-hydrogen) atoms. The summed E-state index contributed by atoms with van der Waals surface area (Å²) in [5.41, 5.74) is 1.18. The van der Waals surface area contributed by atoms with Gasteiger partial charge in [0, 0.05) is 16.6 Å². The van der Waals surface area contributed by atoms with Gasteiger partial charge < -0.3 is 20.7 Å². The van der Waals surface area contributed by atoms with Crippen molar-refractivity contribution in [3.63, 3.8) is 0 Å². The molecule has 1 aliphatic heterocycles. The lowest BCUT2D eigenvalue weighted by molar-refractivity contribution is -0.115. The molecule has 3 amide bonds. The lowest BCUT2D eigenvalue weighted by Crippen LogP contribution is -2.22. The second-order valence-corrected chi connectivity index (χ2v) is 7.76. The van der Waals surface area contributed by atoms with E-state index < -0.39 is 11.9 Å². The smallest absolute Gasteiger partial charge is 0.326 e. The van der Waals surface area contributed by atoms with Crippen LogP contribution in [0, 0.1) is 0 Å². The number of carbonyl (C=O) groups excluding carboxylic acids is 2. The Kier molecular flexibility index (Phi) is 5.23. The van der Waals surface area contributed by atoms with Gasteiger partial charge in [-0.3, -0.25) is 10.1 Å². The maximum Gasteiger partial charge on any atom is 0.326 e. The average Bonchev–Trinajstić information content (AvgIpc) is 3.40. The average molecular weight is 455 g/mol. The van der Waals surface area contributed by atoms with Crippen molar-refractivity contribution in [2.75, 3.05) is 23.8 Å². The lowest BCUT2D eigenvalue weighted by Gasteiger charge is -2.11. The molecule has 5 rings (SSSR count). The minimum absolute atomic E-state index is 0.129. The highest BCUT2D eigenvalue weighted by Gasteiger charge is 2.25. The molecule has 2 aliphatic rings. The van der Waals surface area contributed by atoms with Crippen molar-refractivity contribution in [1.29, 1.82) is 0 Å². The van der Waals surface area contributed by atoms with Crippen molar-refractivity contribution >= 4 is 47.2 Å². The van der Waals surface area contributed by atoms with Crippen LogP contribution in [0.3, 0.4) is 0 Å². The van der Waals surface area contributed by atoms with Gasteiger partial charge in [-0.2, -0.15) is 19.6 Å². The quantitative estimate of drug-likeness (QED) is 0.231. The van der Waals surface area contributed by atoms with Crippen LogP contribution >= 0.6 is 11.6 Å². The number of anilines is 2. The van der Waals surface area contributed by atoms with Crippen LogP contribution in [0.5, 0.6) is 5.75 Å². The fourth-order valence-corrected chi connectivity index (χ4v) is 3.29. The number of aromatic nitrogens is 4. The SMILES string of the molecule is O=C1NC(=O)/C(=C/c2cnn3c(NC4CC4)nc(NCCOc4cccc(Cl)c4)nc23)N1. The van der Waals surface area contributed by atoms with Gasteiger partial charge in [0.15, 0.2) is 5.65 Å². The number of nitrogens with one attached hydrogen (secondary N) is 4. The number of urea groups is 1. The van der Waals surface area contributed by atoms with E-state index in [4.69, 9.17) is 16.3 Å². The van der Waals surface area contributed by atoms with E-state index in [1.165, 1.54) is 6.08 Å². The molecule has 0 spiro atoms. The molecule has 3 aromatic rings. The first-order valence-electron chi connectivity index (χ1n) is 10.0. The van der Waals surface area contributed by atoms with Crippen LogP contribution in [0.25, 0.3) is 11.7 Å². The van der Waals surface area contributed by atoms with E-state index in [0.29, 0.717) is 53.1 Å². The van der Waals surface area contributed by atoms with E-state index in [1.807, 2.05) is 12.1 Å². The van der Waals surface area contributed by atoms with Crippen LogP contribution in [0.1, 0.15) is 18.4 Å². The summed E-state index contributed by atoms with van der Waals surface area (Å²) in [7, 11) is 0. The number of ether oxygens (including phenoxy) is 1. The third kappa shape index (κ3) is 4.42. The lowest BCUT2D eigenvalue weighted by atomic mass is 10.2. The van der Waals surface area contributed by atoms with Crippen molar-refractivity contribution in [2.45, 2.75) is 18.9 Å². The molecule has 1 saturated heterocycles. The van der Waals surface area contributed by atoms with E-state index in [2.05, 4.69) is 36.3 Å². The Morgan fingerprint density at radius 1 is 1.25 bits per heavy atom. The molecule has 2 fully saturated rings. The van der Waals surface area contributed by atoms with Gasteiger partial charge in [-0.25, -0.2) is 4.79 Å². The van der Waals surface area contributed by atoms with Gasteiger partial charge >= 0.3 is 6.03 Å². The molecular weight excluding hydrogens is 436 g/mol. The Morgan fingerprint density at radius 2 is 2.12 bits per heavy atom. The minimum Gasteiger partial charge on any atom is -0.492 e.